The van der Waals surface area contributed by atoms with Crippen molar-refractivity contribution in [3.05, 3.63) is 40.1 Å². The molecule has 1 heterocycles. The lowest BCUT2D eigenvalue weighted by molar-refractivity contribution is -0.137. The van der Waals surface area contributed by atoms with Crippen LogP contribution in [0.3, 0.4) is 0 Å². The molecule has 2 rings (SSSR count). The molecule has 0 spiro atoms. The molecular formula is C9H3Cl2F3N3. The number of hydrogen-bond donors (Lipinski definition) is 0. The van der Waals surface area contributed by atoms with Crippen molar-refractivity contribution in [1.29, 1.82) is 0 Å². The fourth-order valence-corrected chi connectivity index (χ4v) is 1.85. The molecule has 89 valence electrons. The second-order valence-corrected chi connectivity index (χ2v) is 3.86. The van der Waals surface area contributed by atoms with E-state index in [4.69, 9.17) is 23.2 Å². The molecule has 1 radical (unpaired) electrons. The van der Waals surface area contributed by atoms with Gasteiger partial charge in [0.1, 0.15) is 11.9 Å². The Bertz CT molecular complexity index is 514. The van der Waals surface area contributed by atoms with E-state index in [0.29, 0.717) is 0 Å². The Morgan fingerprint density at radius 3 is 2.18 bits per heavy atom. The highest BCUT2D eigenvalue weighted by molar-refractivity contribution is 6.37. The van der Waals surface area contributed by atoms with Crippen molar-refractivity contribution in [2.24, 2.45) is 0 Å². The van der Waals surface area contributed by atoms with Gasteiger partial charge in [-0.25, -0.2) is 0 Å². The van der Waals surface area contributed by atoms with Crippen molar-refractivity contribution in [1.82, 2.24) is 15.0 Å². The van der Waals surface area contributed by atoms with E-state index in [1.54, 1.807) is 0 Å². The predicted octanol–water partition coefficient (Wildman–Crippen LogP) is 3.39. The molecule has 0 bridgehead atoms. The summed E-state index contributed by atoms with van der Waals surface area (Å²) < 4.78 is 37.4. The molecule has 0 saturated heterocycles. The van der Waals surface area contributed by atoms with Gasteiger partial charge in [0.15, 0.2) is 0 Å². The van der Waals surface area contributed by atoms with E-state index in [2.05, 4.69) is 16.4 Å². The monoisotopic (exact) mass is 280 g/mol. The molecule has 0 fully saturated rings. The van der Waals surface area contributed by atoms with Gasteiger partial charge in [-0.05, 0) is 12.1 Å². The lowest BCUT2D eigenvalue weighted by atomic mass is 10.2. The van der Waals surface area contributed by atoms with Crippen LogP contribution >= 0.6 is 23.2 Å². The predicted molar refractivity (Wildman–Crippen MR) is 55.2 cm³/mol. The first-order valence-electron chi connectivity index (χ1n) is 4.24. The van der Waals surface area contributed by atoms with Gasteiger partial charge < -0.3 is 0 Å². The zero-order valence-electron chi connectivity index (χ0n) is 7.96. The van der Waals surface area contributed by atoms with Gasteiger partial charge in [0.2, 0.25) is 0 Å². The maximum absolute atomic E-state index is 12.5. The van der Waals surface area contributed by atoms with E-state index < -0.39 is 11.7 Å². The molecule has 0 amide bonds. The number of benzene rings is 1. The summed E-state index contributed by atoms with van der Waals surface area (Å²) in [5, 5.41) is 6.96. The minimum Gasteiger partial charge on any atom is -0.166 e. The van der Waals surface area contributed by atoms with Crippen LogP contribution in [0.2, 0.25) is 10.0 Å². The van der Waals surface area contributed by atoms with Gasteiger partial charge >= 0.3 is 6.18 Å². The summed E-state index contributed by atoms with van der Waals surface area (Å²) in [6.45, 7) is 0. The first-order valence-corrected chi connectivity index (χ1v) is 5.00. The van der Waals surface area contributed by atoms with Crippen LogP contribution in [0.25, 0.3) is 5.69 Å². The van der Waals surface area contributed by atoms with Crippen LogP contribution in [0.4, 0.5) is 13.2 Å². The van der Waals surface area contributed by atoms with E-state index in [0.717, 1.165) is 16.9 Å². The SMILES string of the molecule is FC(F)(F)c1cc(Cl)c(-n2n[c]cn2)c(Cl)c1. The first-order chi connectivity index (χ1) is 7.89. The van der Waals surface area contributed by atoms with Crippen LogP contribution in [-0.4, -0.2) is 15.0 Å². The molecule has 0 aliphatic heterocycles. The number of aromatic nitrogens is 3. The molecule has 17 heavy (non-hydrogen) atoms. The lowest BCUT2D eigenvalue weighted by Crippen LogP contribution is -2.07. The van der Waals surface area contributed by atoms with Gasteiger partial charge in [0.05, 0.1) is 21.8 Å². The normalized spacial score (nSPS) is 11.8. The standard InChI is InChI=1S/C9H3Cl2F3N3/c10-6-3-5(9(12,13)14)4-7(11)8(6)17-15-1-2-16-17/h1,3-4H. The highest BCUT2D eigenvalue weighted by Gasteiger charge is 2.32. The summed E-state index contributed by atoms with van der Waals surface area (Å²) in [5.74, 6) is 0. The van der Waals surface area contributed by atoms with Crippen LogP contribution in [0, 0.1) is 6.20 Å². The molecule has 0 N–H and O–H groups in total. The Morgan fingerprint density at radius 1 is 1.18 bits per heavy atom. The molecule has 1 aromatic carbocycles. The van der Waals surface area contributed by atoms with Crippen LogP contribution in [0.1, 0.15) is 5.56 Å². The Morgan fingerprint density at radius 2 is 1.76 bits per heavy atom. The molecule has 0 aliphatic carbocycles. The summed E-state index contributed by atoms with van der Waals surface area (Å²) in [7, 11) is 0. The van der Waals surface area contributed by atoms with Gasteiger partial charge in [0, 0.05) is 0 Å². The summed E-state index contributed by atoms with van der Waals surface area (Å²) in [5.41, 5.74) is -0.838. The topological polar surface area (TPSA) is 30.7 Å². The molecule has 0 saturated carbocycles. The number of hydrogen-bond acceptors (Lipinski definition) is 2. The zero-order valence-corrected chi connectivity index (χ0v) is 9.48. The van der Waals surface area contributed by atoms with Gasteiger partial charge in [0.25, 0.3) is 0 Å². The second-order valence-electron chi connectivity index (χ2n) is 3.05. The Kier molecular flexibility index (Phi) is 3.01. The fourth-order valence-electron chi connectivity index (χ4n) is 1.21. The zero-order chi connectivity index (χ0) is 12.6. The van der Waals surface area contributed by atoms with Crippen molar-refractivity contribution in [2.45, 2.75) is 6.18 Å². The van der Waals surface area contributed by atoms with Gasteiger partial charge in [-0.15, -0.1) is 9.90 Å². The average Bonchev–Trinajstić information content (AvgIpc) is 2.68. The Balaban J connectivity index is 2.58. The summed E-state index contributed by atoms with van der Waals surface area (Å²) >= 11 is 11.5. The molecule has 2 aromatic rings. The minimum absolute atomic E-state index is 0.0857. The number of halogens is 5. The first kappa shape index (κ1) is 12.2. The smallest absolute Gasteiger partial charge is 0.166 e. The van der Waals surface area contributed by atoms with Crippen molar-refractivity contribution in [2.75, 3.05) is 0 Å². The van der Waals surface area contributed by atoms with Crippen molar-refractivity contribution in [3.8, 4) is 5.69 Å². The molecule has 0 aliphatic rings. The molecule has 0 unspecified atom stereocenters. The molecular weight excluding hydrogens is 278 g/mol. The van der Waals surface area contributed by atoms with E-state index in [-0.39, 0.29) is 15.7 Å². The number of alkyl halides is 3. The summed E-state index contributed by atoms with van der Waals surface area (Å²) in [6.07, 6.45) is -0.874. The molecule has 8 heteroatoms. The van der Waals surface area contributed by atoms with Gasteiger partial charge in [-0.1, -0.05) is 23.2 Å². The van der Waals surface area contributed by atoms with Gasteiger partial charge in [-0.3, -0.25) is 0 Å². The van der Waals surface area contributed by atoms with Crippen molar-refractivity contribution in [3.63, 3.8) is 0 Å². The van der Waals surface area contributed by atoms with E-state index in [1.165, 1.54) is 6.20 Å². The highest BCUT2D eigenvalue weighted by Crippen LogP contribution is 2.36. The van der Waals surface area contributed by atoms with Crippen molar-refractivity contribution < 1.29 is 13.2 Å². The van der Waals surface area contributed by atoms with Crippen LogP contribution in [-0.2, 0) is 6.18 Å². The Hall–Kier alpha value is -1.27. The maximum Gasteiger partial charge on any atom is 0.416 e. The van der Waals surface area contributed by atoms with Crippen LogP contribution in [0.5, 0.6) is 0 Å². The second kappa shape index (κ2) is 4.19. The fraction of sp³-hybridized carbons (Fsp3) is 0.111. The molecule has 3 nitrogen and oxygen atoms in total. The Labute approximate surface area is 104 Å². The van der Waals surface area contributed by atoms with E-state index >= 15 is 0 Å². The summed E-state index contributed by atoms with van der Waals surface area (Å²) in [4.78, 5) is 1.00. The quantitative estimate of drug-likeness (QED) is 0.802. The lowest BCUT2D eigenvalue weighted by Gasteiger charge is -2.11. The van der Waals surface area contributed by atoms with E-state index in [9.17, 15) is 13.2 Å². The third kappa shape index (κ3) is 2.37. The largest absolute Gasteiger partial charge is 0.416 e. The average molecular weight is 281 g/mol. The molecule has 0 atom stereocenters. The molecule has 1 aromatic heterocycles. The van der Waals surface area contributed by atoms with Gasteiger partial charge in [-0.2, -0.15) is 18.3 Å². The maximum atomic E-state index is 12.5. The highest BCUT2D eigenvalue weighted by atomic mass is 35.5. The van der Waals surface area contributed by atoms with E-state index in [1.807, 2.05) is 0 Å². The number of nitrogens with zero attached hydrogens (tertiary/aromatic N) is 3. The number of rotatable bonds is 1. The van der Waals surface area contributed by atoms with Crippen LogP contribution in [0.15, 0.2) is 18.3 Å². The minimum atomic E-state index is -4.50. The third-order valence-corrected chi connectivity index (χ3v) is 2.50. The third-order valence-electron chi connectivity index (χ3n) is 1.92. The summed E-state index contributed by atoms with van der Waals surface area (Å²) in [6, 6.07) is 1.54. The van der Waals surface area contributed by atoms with Crippen molar-refractivity contribution >= 4 is 23.2 Å². The van der Waals surface area contributed by atoms with Crippen LogP contribution < -0.4 is 0 Å².